The standard InChI is InChI=1S/C28H21FN2OS/c29-23-12-6-4-10-21(23)27-22-11-5-7-13-25(22)33-26-15-14-20(18-24(26)31-27)28(32)30-17-16-19-8-2-1-3-9-19/h1-15,18H,16-17H2,(H,30,32). The van der Waals surface area contributed by atoms with Crippen molar-refractivity contribution in [1.29, 1.82) is 0 Å². The van der Waals surface area contributed by atoms with Gasteiger partial charge in [-0.1, -0.05) is 72.4 Å². The third kappa shape index (κ3) is 4.59. The quantitative estimate of drug-likeness (QED) is 0.334. The Morgan fingerprint density at radius 3 is 2.36 bits per heavy atom. The largest absolute Gasteiger partial charge is 0.352 e. The van der Waals surface area contributed by atoms with Gasteiger partial charge in [0.25, 0.3) is 5.91 Å². The third-order valence-electron chi connectivity index (χ3n) is 5.49. The minimum Gasteiger partial charge on any atom is -0.352 e. The summed E-state index contributed by atoms with van der Waals surface area (Å²) in [5.74, 6) is -0.475. The number of carbonyl (C=O) groups excluding carboxylic acids is 1. The lowest BCUT2D eigenvalue weighted by Gasteiger charge is -2.09. The molecule has 0 atom stereocenters. The van der Waals surface area contributed by atoms with Crippen molar-refractivity contribution in [2.45, 2.75) is 16.2 Å². The fourth-order valence-corrected chi connectivity index (χ4v) is 4.81. The summed E-state index contributed by atoms with van der Waals surface area (Å²) in [6.45, 7) is 0.546. The van der Waals surface area contributed by atoms with Gasteiger partial charge < -0.3 is 5.32 Å². The molecule has 0 unspecified atom stereocenters. The van der Waals surface area contributed by atoms with Crippen LogP contribution >= 0.6 is 11.8 Å². The topological polar surface area (TPSA) is 41.5 Å². The number of rotatable bonds is 5. The minimum absolute atomic E-state index is 0.150. The molecule has 0 aliphatic carbocycles. The molecule has 0 saturated heterocycles. The SMILES string of the molecule is O=C(NCCc1ccccc1)c1ccc2c(c1)N=C(c1ccccc1F)c1ccccc1S2. The van der Waals surface area contributed by atoms with Gasteiger partial charge in [-0.2, -0.15) is 0 Å². The van der Waals surface area contributed by atoms with E-state index >= 15 is 0 Å². The lowest BCUT2D eigenvalue weighted by Crippen LogP contribution is -2.25. The number of fused-ring (bicyclic) bond motifs is 2. The summed E-state index contributed by atoms with van der Waals surface area (Å²) in [5.41, 5.74) is 4.24. The first-order chi connectivity index (χ1) is 16.2. The highest BCUT2D eigenvalue weighted by molar-refractivity contribution is 7.99. The summed E-state index contributed by atoms with van der Waals surface area (Å²) in [6.07, 6.45) is 0.762. The highest BCUT2D eigenvalue weighted by Gasteiger charge is 2.21. The summed E-state index contributed by atoms with van der Waals surface area (Å²) < 4.78 is 14.7. The Morgan fingerprint density at radius 1 is 0.818 bits per heavy atom. The normalized spacial score (nSPS) is 12.2. The molecule has 1 aliphatic heterocycles. The number of aliphatic imine (C=N–C) groups is 1. The maximum Gasteiger partial charge on any atom is 0.251 e. The zero-order valence-corrected chi connectivity index (χ0v) is 18.6. The van der Waals surface area contributed by atoms with E-state index in [0.717, 1.165) is 21.8 Å². The van der Waals surface area contributed by atoms with E-state index in [1.807, 2.05) is 66.7 Å². The molecule has 5 rings (SSSR count). The minimum atomic E-state index is -0.325. The number of carbonyl (C=O) groups is 1. The molecule has 162 valence electrons. The van der Waals surface area contributed by atoms with Crippen molar-refractivity contribution in [2.24, 2.45) is 4.99 Å². The van der Waals surface area contributed by atoms with Crippen LogP contribution in [0.3, 0.4) is 0 Å². The third-order valence-corrected chi connectivity index (χ3v) is 6.63. The van der Waals surface area contributed by atoms with Crippen molar-refractivity contribution in [3.8, 4) is 0 Å². The number of hydrogen-bond acceptors (Lipinski definition) is 3. The van der Waals surface area contributed by atoms with Crippen LogP contribution in [-0.2, 0) is 6.42 Å². The van der Waals surface area contributed by atoms with Crippen LogP contribution in [0.5, 0.6) is 0 Å². The van der Waals surface area contributed by atoms with E-state index < -0.39 is 0 Å². The van der Waals surface area contributed by atoms with E-state index in [4.69, 9.17) is 4.99 Å². The Kier molecular flexibility index (Phi) is 6.05. The number of halogens is 1. The van der Waals surface area contributed by atoms with Gasteiger partial charge in [-0.15, -0.1) is 0 Å². The molecule has 1 aliphatic rings. The number of nitrogens with zero attached hydrogens (tertiary/aromatic N) is 1. The zero-order chi connectivity index (χ0) is 22.6. The van der Waals surface area contributed by atoms with E-state index in [2.05, 4.69) is 5.32 Å². The molecule has 5 heteroatoms. The highest BCUT2D eigenvalue weighted by atomic mass is 32.2. The van der Waals surface area contributed by atoms with Gasteiger partial charge in [0.2, 0.25) is 0 Å². The van der Waals surface area contributed by atoms with E-state index in [9.17, 15) is 9.18 Å². The van der Waals surface area contributed by atoms with Crippen molar-refractivity contribution in [3.05, 3.63) is 125 Å². The lowest BCUT2D eigenvalue weighted by atomic mass is 10.0. The molecule has 1 N–H and O–H groups in total. The molecule has 0 bridgehead atoms. The molecular weight excluding hydrogens is 431 g/mol. The maximum absolute atomic E-state index is 14.7. The molecule has 4 aromatic rings. The van der Waals surface area contributed by atoms with Crippen LogP contribution in [0.25, 0.3) is 0 Å². The molecule has 1 amide bonds. The molecule has 1 heterocycles. The molecule has 4 aromatic carbocycles. The second kappa shape index (κ2) is 9.43. The fourth-order valence-electron chi connectivity index (χ4n) is 3.81. The van der Waals surface area contributed by atoms with E-state index in [1.165, 1.54) is 11.6 Å². The van der Waals surface area contributed by atoms with Crippen molar-refractivity contribution in [3.63, 3.8) is 0 Å². The van der Waals surface area contributed by atoms with Crippen molar-refractivity contribution in [1.82, 2.24) is 5.32 Å². The summed E-state index contributed by atoms with van der Waals surface area (Å²) >= 11 is 1.57. The van der Waals surface area contributed by atoms with Gasteiger partial charge in [-0.05, 0) is 48.4 Å². The Labute approximate surface area is 196 Å². The molecule has 0 aromatic heterocycles. The fraction of sp³-hybridized carbons (Fsp3) is 0.0714. The monoisotopic (exact) mass is 452 g/mol. The van der Waals surface area contributed by atoms with Gasteiger partial charge in [0.15, 0.2) is 0 Å². The predicted molar refractivity (Wildman–Crippen MR) is 131 cm³/mol. The highest BCUT2D eigenvalue weighted by Crippen LogP contribution is 2.41. The van der Waals surface area contributed by atoms with Gasteiger partial charge >= 0.3 is 0 Å². The van der Waals surface area contributed by atoms with Crippen LogP contribution in [0, 0.1) is 5.82 Å². The number of hydrogen-bond donors (Lipinski definition) is 1. The van der Waals surface area contributed by atoms with Crippen LogP contribution in [0.2, 0.25) is 0 Å². The van der Waals surface area contributed by atoms with Crippen molar-refractivity contribution >= 4 is 29.1 Å². The van der Waals surface area contributed by atoms with Crippen molar-refractivity contribution in [2.75, 3.05) is 6.54 Å². The Balaban J connectivity index is 1.46. The summed E-state index contributed by atoms with van der Waals surface area (Å²) in [4.78, 5) is 19.6. The first kappa shape index (κ1) is 21.2. The molecule has 0 fully saturated rings. The number of nitrogens with one attached hydrogen (secondary N) is 1. The average molecular weight is 453 g/mol. The lowest BCUT2D eigenvalue weighted by molar-refractivity contribution is 0.0954. The first-order valence-electron chi connectivity index (χ1n) is 10.8. The van der Waals surface area contributed by atoms with Gasteiger partial charge in [-0.3, -0.25) is 4.79 Å². The summed E-state index contributed by atoms with van der Waals surface area (Å²) in [5, 5.41) is 2.98. The molecule has 0 spiro atoms. The number of amides is 1. The van der Waals surface area contributed by atoms with Crippen LogP contribution in [0.15, 0.2) is 112 Å². The first-order valence-corrected chi connectivity index (χ1v) is 11.6. The van der Waals surface area contributed by atoms with Gasteiger partial charge in [-0.25, -0.2) is 9.38 Å². The van der Waals surface area contributed by atoms with E-state index in [0.29, 0.717) is 29.1 Å². The number of benzene rings is 4. The van der Waals surface area contributed by atoms with E-state index in [-0.39, 0.29) is 11.7 Å². The Bertz CT molecular complexity index is 1350. The zero-order valence-electron chi connectivity index (χ0n) is 17.8. The Hall–Kier alpha value is -3.70. The maximum atomic E-state index is 14.7. The Morgan fingerprint density at radius 2 is 1.55 bits per heavy atom. The average Bonchev–Trinajstić information content (AvgIpc) is 3.01. The van der Waals surface area contributed by atoms with Crippen LogP contribution in [-0.4, -0.2) is 18.2 Å². The van der Waals surface area contributed by atoms with Crippen LogP contribution in [0.4, 0.5) is 10.1 Å². The molecule has 33 heavy (non-hydrogen) atoms. The van der Waals surface area contributed by atoms with Crippen molar-refractivity contribution < 1.29 is 9.18 Å². The summed E-state index contributed by atoms with van der Waals surface area (Å²) in [6, 6.07) is 30.1. The second-order valence-electron chi connectivity index (χ2n) is 7.71. The van der Waals surface area contributed by atoms with Crippen LogP contribution < -0.4 is 5.32 Å². The van der Waals surface area contributed by atoms with Gasteiger partial charge in [0.1, 0.15) is 5.82 Å². The predicted octanol–water partition coefficient (Wildman–Crippen LogP) is 6.43. The van der Waals surface area contributed by atoms with Gasteiger partial charge in [0.05, 0.1) is 11.4 Å². The second-order valence-corrected chi connectivity index (χ2v) is 8.80. The smallest absolute Gasteiger partial charge is 0.251 e. The van der Waals surface area contributed by atoms with E-state index in [1.54, 1.807) is 36.0 Å². The molecule has 3 nitrogen and oxygen atoms in total. The molecular formula is C28H21FN2OS. The molecule has 0 saturated carbocycles. The van der Waals surface area contributed by atoms with Gasteiger partial charge in [0, 0.05) is 33.0 Å². The summed E-state index contributed by atoms with van der Waals surface area (Å²) in [7, 11) is 0. The van der Waals surface area contributed by atoms with Crippen LogP contribution in [0.1, 0.15) is 27.0 Å². The molecule has 0 radical (unpaired) electrons.